The van der Waals surface area contributed by atoms with Gasteiger partial charge in [0.2, 0.25) is 5.60 Å². The number of fused-ring (bicyclic) bond motifs is 1. The number of benzene rings is 1. The van der Waals surface area contributed by atoms with Gasteiger partial charge in [-0.1, -0.05) is 24.0 Å². The maximum absolute atomic E-state index is 12.1. The van der Waals surface area contributed by atoms with Gasteiger partial charge in [0, 0.05) is 49.7 Å². The molecule has 4 rings (SSSR count). The number of hydrogen-bond donors (Lipinski definition) is 2. The number of primary amides is 1. The van der Waals surface area contributed by atoms with Crippen LogP contribution in [0.5, 0.6) is 0 Å². The molecule has 8 nitrogen and oxygen atoms in total. The van der Waals surface area contributed by atoms with Crippen molar-refractivity contribution in [3.05, 3.63) is 54.1 Å². The molecular weight excluding hydrogens is 358 g/mol. The number of carbonyl (C=O) groups is 2. The van der Waals surface area contributed by atoms with Gasteiger partial charge < -0.3 is 20.1 Å². The summed E-state index contributed by atoms with van der Waals surface area (Å²) in [4.78, 5) is 33.7. The Balaban J connectivity index is 1.76. The second-order valence-corrected chi connectivity index (χ2v) is 6.66. The molecule has 0 radical (unpaired) electrons. The summed E-state index contributed by atoms with van der Waals surface area (Å²) in [7, 11) is 1.63. The lowest BCUT2D eigenvalue weighted by molar-refractivity contribution is -0.137. The quantitative estimate of drug-likeness (QED) is 0.631. The van der Waals surface area contributed by atoms with Crippen molar-refractivity contribution in [2.45, 2.75) is 12.0 Å². The van der Waals surface area contributed by atoms with Gasteiger partial charge in [-0.05, 0) is 12.1 Å². The minimum absolute atomic E-state index is 0.117. The monoisotopic (exact) mass is 375 g/mol. The van der Waals surface area contributed by atoms with E-state index in [0.717, 1.165) is 0 Å². The Morgan fingerprint density at radius 3 is 2.93 bits per heavy atom. The average Bonchev–Trinajstić information content (AvgIpc) is 3.27. The van der Waals surface area contributed by atoms with Crippen molar-refractivity contribution in [1.29, 1.82) is 0 Å². The number of imidazole rings is 1. The normalized spacial score (nSPS) is 18.9. The molecular formula is C20H17N5O3. The molecule has 2 aromatic heterocycles. The maximum atomic E-state index is 12.1. The highest BCUT2D eigenvalue weighted by atomic mass is 16.3. The first-order valence-electron chi connectivity index (χ1n) is 8.62. The number of nitrogens with two attached hydrogens (primary N) is 1. The van der Waals surface area contributed by atoms with Crippen LogP contribution in [0.25, 0.3) is 16.9 Å². The van der Waals surface area contributed by atoms with E-state index in [9.17, 15) is 14.7 Å². The smallest absolute Gasteiger partial charge is 0.268 e. The average molecular weight is 375 g/mol. The molecule has 28 heavy (non-hydrogen) atoms. The first-order valence-corrected chi connectivity index (χ1v) is 8.62. The minimum atomic E-state index is -1.66. The zero-order valence-electron chi connectivity index (χ0n) is 15.1. The van der Waals surface area contributed by atoms with Crippen LogP contribution >= 0.6 is 0 Å². The summed E-state index contributed by atoms with van der Waals surface area (Å²) in [6.45, 7) is 0.464. The predicted octanol–water partition coefficient (Wildman–Crippen LogP) is 0.440. The molecule has 0 bridgehead atoms. The van der Waals surface area contributed by atoms with Gasteiger partial charge in [-0.25, -0.2) is 9.97 Å². The highest BCUT2D eigenvalue weighted by Gasteiger charge is 2.42. The van der Waals surface area contributed by atoms with Crippen LogP contribution in [0.1, 0.15) is 22.5 Å². The van der Waals surface area contributed by atoms with Crippen LogP contribution in [-0.2, 0) is 4.79 Å². The van der Waals surface area contributed by atoms with E-state index in [-0.39, 0.29) is 12.1 Å². The van der Waals surface area contributed by atoms with E-state index in [1.807, 2.05) is 6.07 Å². The molecule has 1 aliphatic rings. The lowest BCUT2D eigenvalue weighted by Crippen LogP contribution is -2.37. The Hall–Kier alpha value is -3.70. The van der Waals surface area contributed by atoms with Crippen molar-refractivity contribution in [1.82, 2.24) is 19.3 Å². The van der Waals surface area contributed by atoms with Gasteiger partial charge in [0.05, 0.1) is 0 Å². The second-order valence-electron chi connectivity index (χ2n) is 6.66. The van der Waals surface area contributed by atoms with Crippen LogP contribution in [0.15, 0.2) is 42.9 Å². The fourth-order valence-corrected chi connectivity index (χ4v) is 3.13. The Morgan fingerprint density at radius 1 is 1.39 bits per heavy atom. The number of rotatable bonds is 2. The number of carbonyl (C=O) groups excluding carboxylic acids is 2. The number of likely N-dealkylation sites (N-methyl/N-ethyl adjacent to an activating group) is 1. The third-order valence-electron chi connectivity index (χ3n) is 4.69. The lowest BCUT2D eigenvalue weighted by atomic mass is 10.0. The topological polar surface area (TPSA) is 114 Å². The highest BCUT2D eigenvalue weighted by molar-refractivity contribution is 5.92. The van der Waals surface area contributed by atoms with Gasteiger partial charge >= 0.3 is 0 Å². The summed E-state index contributed by atoms with van der Waals surface area (Å²) in [5.74, 6) is 4.53. The summed E-state index contributed by atoms with van der Waals surface area (Å²) < 4.78 is 1.68. The molecule has 1 saturated heterocycles. The molecule has 1 aliphatic heterocycles. The Bertz CT molecular complexity index is 1170. The summed E-state index contributed by atoms with van der Waals surface area (Å²) in [5.41, 5.74) is 6.19. The number of amides is 2. The molecule has 3 heterocycles. The molecule has 2 amide bonds. The van der Waals surface area contributed by atoms with Gasteiger partial charge in [-0.15, -0.1) is 0 Å². The SMILES string of the molecule is CN1CC[C@](O)(C#Cc2cccc(-c3nc(C(N)=O)cn4ccnc34)c2)C1=O. The number of aliphatic hydroxyl groups is 1. The molecule has 0 spiro atoms. The van der Waals surface area contributed by atoms with Crippen LogP contribution < -0.4 is 5.73 Å². The molecule has 3 aromatic rings. The van der Waals surface area contributed by atoms with Gasteiger partial charge in [-0.3, -0.25) is 9.59 Å². The van der Waals surface area contributed by atoms with E-state index >= 15 is 0 Å². The van der Waals surface area contributed by atoms with Gasteiger partial charge in [0.15, 0.2) is 5.65 Å². The van der Waals surface area contributed by atoms with E-state index in [4.69, 9.17) is 5.73 Å². The third-order valence-corrected chi connectivity index (χ3v) is 4.69. The summed E-state index contributed by atoms with van der Waals surface area (Å²) >= 11 is 0. The van der Waals surface area contributed by atoms with E-state index in [0.29, 0.717) is 29.0 Å². The minimum Gasteiger partial charge on any atom is -0.369 e. The zero-order chi connectivity index (χ0) is 19.9. The van der Waals surface area contributed by atoms with E-state index in [1.165, 1.54) is 11.1 Å². The van der Waals surface area contributed by atoms with Crippen LogP contribution in [-0.4, -0.2) is 55.4 Å². The van der Waals surface area contributed by atoms with Crippen molar-refractivity contribution in [2.75, 3.05) is 13.6 Å². The van der Waals surface area contributed by atoms with Crippen molar-refractivity contribution >= 4 is 17.5 Å². The first kappa shape index (κ1) is 17.7. The number of likely N-dealkylation sites (tertiary alicyclic amines) is 1. The highest BCUT2D eigenvalue weighted by Crippen LogP contribution is 2.24. The van der Waals surface area contributed by atoms with Gasteiger partial charge in [-0.2, -0.15) is 0 Å². The fourth-order valence-electron chi connectivity index (χ4n) is 3.13. The van der Waals surface area contributed by atoms with Crippen molar-refractivity contribution in [3.8, 4) is 23.1 Å². The van der Waals surface area contributed by atoms with Gasteiger partial charge in [0.1, 0.15) is 11.4 Å². The van der Waals surface area contributed by atoms with Crippen LogP contribution in [0.2, 0.25) is 0 Å². The number of nitrogens with zero attached hydrogens (tertiary/aromatic N) is 4. The Labute approximate surface area is 160 Å². The van der Waals surface area contributed by atoms with Gasteiger partial charge in [0.25, 0.3) is 11.8 Å². The summed E-state index contributed by atoms with van der Waals surface area (Å²) in [6.07, 6.45) is 5.10. The van der Waals surface area contributed by atoms with E-state index in [1.54, 1.807) is 42.0 Å². The summed E-state index contributed by atoms with van der Waals surface area (Å²) in [6, 6.07) is 7.13. The lowest BCUT2D eigenvalue weighted by Gasteiger charge is -2.13. The number of hydrogen-bond acceptors (Lipinski definition) is 5. The molecule has 1 fully saturated rings. The molecule has 8 heteroatoms. The predicted molar refractivity (Wildman–Crippen MR) is 101 cm³/mol. The van der Waals surface area contributed by atoms with E-state index < -0.39 is 17.4 Å². The molecule has 0 aliphatic carbocycles. The maximum Gasteiger partial charge on any atom is 0.268 e. The Kier molecular flexibility index (Phi) is 4.09. The van der Waals surface area contributed by atoms with Crippen LogP contribution in [0.4, 0.5) is 0 Å². The molecule has 1 atom stereocenters. The molecule has 140 valence electrons. The van der Waals surface area contributed by atoms with Crippen molar-refractivity contribution < 1.29 is 14.7 Å². The molecule has 3 N–H and O–H groups in total. The van der Waals surface area contributed by atoms with Crippen molar-refractivity contribution in [3.63, 3.8) is 0 Å². The fraction of sp³-hybridized carbons (Fsp3) is 0.200. The van der Waals surface area contributed by atoms with Crippen molar-refractivity contribution in [2.24, 2.45) is 5.73 Å². The standard InChI is InChI=1S/C20H17N5O3/c1-24-9-7-20(28,19(24)27)6-5-13-3-2-4-14(11-13)16-18-22-8-10-25(18)12-15(23-16)17(21)26/h2-4,8,10-12,28H,7,9H2,1H3,(H2,21,26)/t20-/m1/s1. The second kappa shape index (κ2) is 6.48. The van der Waals surface area contributed by atoms with Crippen LogP contribution in [0.3, 0.4) is 0 Å². The molecule has 0 unspecified atom stereocenters. The largest absolute Gasteiger partial charge is 0.369 e. The zero-order valence-corrected chi connectivity index (χ0v) is 15.1. The summed E-state index contributed by atoms with van der Waals surface area (Å²) in [5, 5.41) is 10.4. The Morgan fingerprint density at radius 2 is 2.21 bits per heavy atom. The molecule has 1 aromatic carbocycles. The van der Waals surface area contributed by atoms with E-state index in [2.05, 4.69) is 21.8 Å². The number of aromatic nitrogens is 3. The third kappa shape index (κ3) is 2.98. The van der Waals surface area contributed by atoms with Crippen LogP contribution in [0, 0.1) is 11.8 Å². The molecule has 0 saturated carbocycles. The first-order chi connectivity index (χ1) is 13.4.